The Hall–Kier alpha value is -10.4. The normalized spacial score (nSPS) is 19.9. The summed E-state index contributed by atoms with van der Waals surface area (Å²) in [7, 11) is 1.37. The maximum absolute atomic E-state index is 12.5. The summed E-state index contributed by atoms with van der Waals surface area (Å²) < 4.78 is 6.11. The van der Waals surface area contributed by atoms with Gasteiger partial charge in [0.15, 0.2) is 39.3 Å². The molecule has 0 spiro atoms. The SMILES string of the molecule is CC[C@@H]1CCCC[C@@H]1n1[nH]c(N)c2nnc3nccc3c21.CNC(=O)C(=O)Nc1[nH]n([C@H]2CN(c3ccc([N+](=O)[O-])cn3)CC[C@H]2C)c2c1nnc1nccc12.C[C@@H]1CCN(c2ccc(C#N)cn2)C[C@@H]1n1[nH]c(=O)c2nnc3[nH]ccc3c21. The van der Waals surface area contributed by atoms with Crippen LogP contribution in [0.4, 0.5) is 29.0 Å². The number of anilines is 4. The average Bonchev–Trinajstić information content (AvgIpc) is 2.52. The molecule has 0 aromatic carbocycles. The van der Waals surface area contributed by atoms with E-state index in [0.717, 1.165) is 64.5 Å². The molecule has 6 atom stereocenters. The van der Waals surface area contributed by atoms with Crippen LogP contribution in [0.25, 0.3) is 66.2 Å². The van der Waals surface area contributed by atoms with Crippen LogP contribution in [-0.2, 0) is 9.59 Å². The molecule has 14 rings (SSSR count). The lowest BCUT2D eigenvalue weighted by Gasteiger charge is -2.38. The number of hydrogen-bond donors (Lipinski definition) is 7. The zero-order chi connectivity index (χ0) is 58.3. The second-order valence-electron chi connectivity index (χ2n) is 21.6. The molecule has 29 nitrogen and oxygen atoms in total. The smallest absolute Gasteiger partial charge is 0.314 e. The van der Waals surface area contributed by atoms with Crippen molar-refractivity contribution in [2.45, 2.75) is 83.8 Å². The number of nitrogens with one attached hydrogen (secondary N) is 6. The van der Waals surface area contributed by atoms with Gasteiger partial charge in [-0.3, -0.25) is 53.8 Å². The van der Waals surface area contributed by atoms with Crippen molar-refractivity contribution in [1.29, 1.82) is 5.26 Å². The third-order valence-electron chi connectivity index (χ3n) is 16.8. The van der Waals surface area contributed by atoms with Crippen LogP contribution in [-0.4, -0.2) is 135 Å². The maximum Gasteiger partial charge on any atom is 0.314 e. The van der Waals surface area contributed by atoms with Gasteiger partial charge in [-0.2, -0.15) is 5.26 Å². The molecule has 29 heteroatoms. The Morgan fingerprint density at radius 1 is 0.714 bits per heavy atom. The van der Waals surface area contributed by atoms with Gasteiger partial charge in [0.1, 0.15) is 46.3 Å². The summed E-state index contributed by atoms with van der Waals surface area (Å²) in [6.07, 6.45) is 16.1. The number of carbonyl (C=O) groups excluding carboxylic acids is 2. The first-order valence-corrected chi connectivity index (χ1v) is 27.9. The molecular weight excluding hydrogens is 1080 g/mol. The van der Waals surface area contributed by atoms with Gasteiger partial charge in [0.25, 0.3) is 11.2 Å². The zero-order valence-corrected chi connectivity index (χ0v) is 46.4. The highest BCUT2D eigenvalue weighted by molar-refractivity contribution is 6.40. The molecule has 11 aromatic rings. The first kappa shape index (κ1) is 54.2. The van der Waals surface area contributed by atoms with Gasteiger partial charge in [0.05, 0.1) is 39.4 Å². The summed E-state index contributed by atoms with van der Waals surface area (Å²) in [5.74, 6) is 1.98. The van der Waals surface area contributed by atoms with Gasteiger partial charge in [-0.1, -0.05) is 40.0 Å². The Morgan fingerprint density at radius 2 is 1.32 bits per heavy atom. The number of aromatic nitrogens is 17. The summed E-state index contributed by atoms with van der Waals surface area (Å²) in [6, 6.07) is 15.0. The Bertz CT molecular complexity index is 4350. The Labute approximate surface area is 476 Å². The first-order valence-electron chi connectivity index (χ1n) is 27.9. The van der Waals surface area contributed by atoms with Crippen molar-refractivity contribution >= 4 is 107 Å². The molecular formula is C55H60N24O5. The molecule has 2 amide bonds. The number of pyridine rings is 2. The molecule has 0 unspecified atom stereocenters. The molecule has 2 saturated heterocycles. The lowest BCUT2D eigenvalue weighted by Crippen LogP contribution is -2.41. The predicted octanol–water partition coefficient (Wildman–Crippen LogP) is 6.37. The van der Waals surface area contributed by atoms with Gasteiger partial charge in [0, 0.05) is 69.5 Å². The number of rotatable bonds is 8. The summed E-state index contributed by atoms with van der Waals surface area (Å²) in [5, 5.41) is 62.1. The topological polar surface area (TPSA) is 382 Å². The molecule has 2 aliphatic heterocycles. The van der Waals surface area contributed by atoms with E-state index in [1.165, 1.54) is 51.4 Å². The fourth-order valence-electron chi connectivity index (χ4n) is 12.2. The second-order valence-corrected chi connectivity index (χ2v) is 21.6. The number of hydrogen-bond acceptors (Lipinski definition) is 19. The molecule has 1 saturated carbocycles. The molecule has 1 aliphatic carbocycles. The minimum atomic E-state index is -0.835. The molecule has 430 valence electrons. The van der Waals surface area contributed by atoms with Crippen molar-refractivity contribution in [3.63, 3.8) is 0 Å². The number of piperidine rings is 2. The number of H-pyrrole nitrogens is 4. The predicted molar refractivity (Wildman–Crippen MR) is 313 cm³/mol. The number of fused-ring (bicyclic) bond motifs is 9. The molecule has 13 heterocycles. The highest BCUT2D eigenvalue weighted by Crippen LogP contribution is 2.40. The number of aromatic amines is 4. The van der Waals surface area contributed by atoms with Gasteiger partial charge in [-0.15, -0.1) is 30.6 Å². The highest BCUT2D eigenvalue weighted by Gasteiger charge is 2.34. The third kappa shape index (κ3) is 9.93. The van der Waals surface area contributed by atoms with Crippen molar-refractivity contribution in [2.75, 3.05) is 54.1 Å². The molecule has 0 radical (unpaired) electrons. The van der Waals surface area contributed by atoms with Crippen molar-refractivity contribution in [2.24, 2.45) is 17.8 Å². The summed E-state index contributed by atoms with van der Waals surface area (Å²) in [5.41, 5.74) is 12.3. The number of nitro groups is 1. The second kappa shape index (κ2) is 22.5. The van der Waals surface area contributed by atoms with E-state index >= 15 is 0 Å². The van der Waals surface area contributed by atoms with Crippen LogP contribution in [0.3, 0.4) is 0 Å². The molecule has 11 aromatic heterocycles. The van der Waals surface area contributed by atoms with Gasteiger partial charge < -0.3 is 31.2 Å². The van der Waals surface area contributed by atoms with Gasteiger partial charge >= 0.3 is 11.8 Å². The summed E-state index contributed by atoms with van der Waals surface area (Å²) in [6.45, 7) is 9.46. The zero-order valence-electron chi connectivity index (χ0n) is 46.4. The van der Waals surface area contributed by atoms with Crippen molar-refractivity contribution in [3.05, 3.63) is 99.5 Å². The first-order chi connectivity index (χ1) is 40.8. The van der Waals surface area contributed by atoms with Crippen LogP contribution in [0.1, 0.15) is 89.4 Å². The molecule has 8 N–H and O–H groups in total. The Kier molecular flexibility index (Phi) is 14.5. The van der Waals surface area contributed by atoms with Gasteiger partial charge in [-0.05, 0) is 79.8 Å². The van der Waals surface area contributed by atoms with E-state index in [1.807, 2.05) is 33.6 Å². The van der Waals surface area contributed by atoms with E-state index in [2.05, 4.69) is 123 Å². The monoisotopic (exact) mass is 1140 g/mol. The van der Waals surface area contributed by atoms with E-state index in [4.69, 9.17) is 11.0 Å². The number of nitriles is 1. The Morgan fingerprint density at radius 3 is 1.94 bits per heavy atom. The van der Waals surface area contributed by atoms with Gasteiger partial charge in [-0.25, -0.2) is 19.9 Å². The van der Waals surface area contributed by atoms with Crippen LogP contribution in [0.15, 0.2) is 78.2 Å². The minimum Gasteiger partial charge on any atom is -0.382 e. The van der Waals surface area contributed by atoms with Crippen LogP contribution >= 0.6 is 0 Å². The van der Waals surface area contributed by atoms with E-state index in [0.29, 0.717) is 81.7 Å². The number of nitrogens with zero attached hydrogens (tertiary/aromatic N) is 17. The fourth-order valence-corrected chi connectivity index (χ4v) is 12.2. The average molecular weight is 1140 g/mol. The van der Waals surface area contributed by atoms with Crippen LogP contribution in [0.5, 0.6) is 0 Å². The molecule has 3 fully saturated rings. The number of likely N-dealkylation sites (N-methyl/N-ethyl adjacent to an activating group) is 1. The number of carbonyl (C=O) groups is 2. The van der Waals surface area contributed by atoms with E-state index < -0.39 is 16.7 Å². The van der Waals surface area contributed by atoms with Crippen LogP contribution in [0.2, 0.25) is 0 Å². The summed E-state index contributed by atoms with van der Waals surface area (Å²) >= 11 is 0. The fraction of sp³-hybridized carbons (Fsp3) is 0.382. The van der Waals surface area contributed by atoms with Gasteiger partial charge in [0.2, 0.25) is 0 Å². The maximum atomic E-state index is 12.5. The number of nitrogen functional groups attached to an aromatic ring is 1. The lowest BCUT2D eigenvalue weighted by atomic mass is 9.83. The number of nitrogens with two attached hydrogens (primary N) is 1. The van der Waals surface area contributed by atoms with Crippen LogP contribution in [0, 0.1) is 39.2 Å². The Balaban J connectivity index is 0.000000128. The highest BCUT2D eigenvalue weighted by atomic mass is 16.6. The quantitative estimate of drug-likeness (QED) is 0.0493. The lowest BCUT2D eigenvalue weighted by molar-refractivity contribution is -0.385. The number of amides is 2. The largest absolute Gasteiger partial charge is 0.382 e. The minimum absolute atomic E-state index is 0.0543. The summed E-state index contributed by atoms with van der Waals surface area (Å²) in [4.78, 5) is 71.6. The van der Waals surface area contributed by atoms with Crippen LogP contribution < -0.4 is 31.7 Å². The third-order valence-corrected chi connectivity index (χ3v) is 16.8. The standard InChI is InChI=1S/C21H22N10O4.C19H18N8O.C15H20N6/c1-11-6-8-29(15-4-3-12(9-24-15)31(34)35)10-14(11)30-17-13-5-7-23-18(13)27-26-16(17)19(28-30)25-21(33)20(32)22-2;1-11-5-7-26(15-3-2-12(8-20)9-22-15)10-14(11)27-17-13-4-6-21-18(13)24-23-16(17)19(28)25-27;1-2-9-5-3-4-6-11(9)21-13-10-7-8-17-15(10)19-18-12(13)14(16)20-21/h3-5,7,9,11,14,28H,6,8,10H2,1-2H3,(H,22,32)(H,25,33);2-4,6,9,11,14H,5,7,10H2,1H3,(H,21,24)(H,25,28);7-9,11,20H,2-6,16H2,1H3/t2*11-,14+;9-,11+/m111/s1. The van der Waals surface area contributed by atoms with E-state index in [9.17, 15) is 24.5 Å². The van der Waals surface area contributed by atoms with Crippen molar-refractivity contribution in [1.82, 2.24) is 90.2 Å². The van der Waals surface area contributed by atoms with Crippen molar-refractivity contribution < 1.29 is 14.5 Å². The molecule has 0 bridgehead atoms. The van der Waals surface area contributed by atoms with E-state index in [1.54, 1.807) is 36.9 Å². The van der Waals surface area contributed by atoms with Crippen molar-refractivity contribution in [3.8, 4) is 6.07 Å². The van der Waals surface area contributed by atoms with E-state index in [-0.39, 0.29) is 35.1 Å². The molecule has 3 aliphatic rings. The molecule has 84 heavy (non-hydrogen) atoms.